The standard InChI is InChI=1S/C25H27NO5/c1-4-6-11-29-25(28)18-7-9-20(10-8-18)26-14-19-12-21-17(5-2)13-22(27)31-24(21)16(3)23(19)30-15-26/h7-10,12-13H,4-6,11,14-15H2,1-3H3. The van der Waals surface area contributed by atoms with E-state index in [-0.39, 0.29) is 11.6 Å². The zero-order valence-electron chi connectivity index (χ0n) is 18.2. The van der Waals surface area contributed by atoms with Crippen LogP contribution in [-0.2, 0) is 17.7 Å². The van der Waals surface area contributed by atoms with Crippen molar-refractivity contribution < 1.29 is 18.7 Å². The number of benzene rings is 2. The molecule has 0 saturated carbocycles. The van der Waals surface area contributed by atoms with E-state index < -0.39 is 0 Å². The quantitative estimate of drug-likeness (QED) is 0.318. The number of hydrogen-bond acceptors (Lipinski definition) is 6. The van der Waals surface area contributed by atoms with Crippen molar-refractivity contribution in [3.8, 4) is 5.75 Å². The maximum absolute atomic E-state index is 12.1. The zero-order chi connectivity index (χ0) is 22.0. The Hall–Kier alpha value is -3.28. The van der Waals surface area contributed by atoms with E-state index in [1.807, 2.05) is 26.0 Å². The van der Waals surface area contributed by atoms with Crippen molar-refractivity contribution in [1.82, 2.24) is 0 Å². The monoisotopic (exact) mass is 421 g/mol. The van der Waals surface area contributed by atoms with Gasteiger partial charge in [0.25, 0.3) is 0 Å². The molecule has 0 unspecified atom stereocenters. The van der Waals surface area contributed by atoms with Gasteiger partial charge in [-0.2, -0.15) is 0 Å². The van der Waals surface area contributed by atoms with Gasteiger partial charge < -0.3 is 18.8 Å². The van der Waals surface area contributed by atoms with Crippen molar-refractivity contribution in [2.24, 2.45) is 0 Å². The third-order valence-corrected chi connectivity index (χ3v) is 5.68. The molecule has 162 valence electrons. The molecule has 0 atom stereocenters. The second kappa shape index (κ2) is 8.84. The Morgan fingerprint density at radius 3 is 2.65 bits per heavy atom. The molecule has 1 aliphatic rings. The highest BCUT2D eigenvalue weighted by Gasteiger charge is 2.23. The van der Waals surface area contributed by atoms with Crippen molar-refractivity contribution in [3.05, 3.63) is 69.1 Å². The van der Waals surface area contributed by atoms with Gasteiger partial charge in [0.05, 0.1) is 12.2 Å². The number of fused-ring (bicyclic) bond motifs is 2. The second-order valence-corrected chi connectivity index (χ2v) is 7.82. The van der Waals surface area contributed by atoms with Crippen LogP contribution in [0.25, 0.3) is 11.0 Å². The van der Waals surface area contributed by atoms with Crippen LogP contribution in [0.3, 0.4) is 0 Å². The van der Waals surface area contributed by atoms with Crippen LogP contribution in [0.15, 0.2) is 45.6 Å². The first kappa shape index (κ1) is 21.0. The Kier molecular flexibility index (Phi) is 5.98. The van der Waals surface area contributed by atoms with Gasteiger partial charge in [-0.05, 0) is 55.7 Å². The Balaban J connectivity index is 1.59. The van der Waals surface area contributed by atoms with Crippen LogP contribution >= 0.6 is 0 Å². The summed E-state index contributed by atoms with van der Waals surface area (Å²) in [5.74, 6) is 0.479. The minimum Gasteiger partial charge on any atom is -0.472 e. The summed E-state index contributed by atoms with van der Waals surface area (Å²) in [5.41, 5.74) is 4.64. The van der Waals surface area contributed by atoms with Crippen LogP contribution < -0.4 is 15.3 Å². The summed E-state index contributed by atoms with van der Waals surface area (Å²) >= 11 is 0. The number of carbonyl (C=O) groups excluding carboxylic acids is 1. The van der Waals surface area contributed by atoms with Gasteiger partial charge in [0.15, 0.2) is 6.73 Å². The Morgan fingerprint density at radius 2 is 1.94 bits per heavy atom. The van der Waals surface area contributed by atoms with E-state index in [0.29, 0.717) is 31.0 Å². The summed E-state index contributed by atoms with van der Waals surface area (Å²) in [6.45, 7) is 7.50. The molecule has 31 heavy (non-hydrogen) atoms. The van der Waals surface area contributed by atoms with Crippen molar-refractivity contribution in [1.29, 1.82) is 0 Å². The lowest BCUT2D eigenvalue weighted by Gasteiger charge is -2.32. The van der Waals surface area contributed by atoms with Crippen LogP contribution in [0.5, 0.6) is 5.75 Å². The molecule has 1 aromatic heterocycles. The predicted octanol–water partition coefficient (Wildman–Crippen LogP) is 4.98. The first-order valence-corrected chi connectivity index (χ1v) is 10.8. The molecule has 0 spiro atoms. The van der Waals surface area contributed by atoms with Crippen molar-refractivity contribution in [3.63, 3.8) is 0 Å². The van der Waals surface area contributed by atoms with Crippen molar-refractivity contribution in [2.45, 2.75) is 46.6 Å². The smallest absolute Gasteiger partial charge is 0.338 e. The Bertz CT molecular complexity index is 1160. The van der Waals surface area contributed by atoms with E-state index in [4.69, 9.17) is 13.9 Å². The van der Waals surface area contributed by atoms with E-state index in [2.05, 4.69) is 17.9 Å². The average molecular weight is 421 g/mol. The molecular formula is C25H27NO5. The second-order valence-electron chi connectivity index (χ2n) is 7.82. The summed E-state index contributed by atoms with van der Waals surface area (Å²) in [7, 11) is 0. The minimum atomic E-state index is -0.335. The fourth-order valence-corrected chi connectivity index (χ4v) is 3.94. The van der Waals surface area contributed by atoms with Crippen LogP contribution in [0.1, 0.15) is 53.7 Å². The molecule has 0 aliphatic carbocycles. The number of esters is 1. The van der Waals surface area contributed by atoms with Crippen LogP contribution in [-0.4, -0.2) is 19.3 Å². The van der Waals surface area contributed by atoms with Gasteiger partial charge >= 0.3 is 11.6 Å². The van der Waals surface area contributed by atoms with E-state index in [1.54, 1.807) is 18.2 Å². The lowest BCUT2D eigenvalue weighted by atomic mass is 9.99. The number of carbonyl (C=O) groups is 1. The number of aryl methyl sites for hydroxylation is 2. The fraction of sp³-hybridized carbons (Fsp3) is 0.360. The zero-order valence-corrected chi connectivity index (χ0v) is 18.2. The summed E-state index contributed by atoms with van der Waals surface area (Å²) in [5, 5.41) is 0.953. The average Bonchev–Trinajstić information content (AvgIpc) is 2.79. The molecule has 0 saturated heterocycles. The molecule has 0 radical (unpaired) electrons. The van der Waals surface area contributed by atoms with Gasteiger partial charge in [0, 0.05) is 34.8 Å². The number of rotatable bonds is 6. The molecule has 6 heteroatoms. The van der Waals surface area contributed by atoms with Gasteiger partial charge in [-0.25, -0.2) is 9.59 Å². The molecule has 0 amide bonds. The molecular weight excluding hydrogens is 394 g/mol. The summed E-state index contributed by atoms with van der Waals surface area (Å²) in [6, 6.07) is 11.0. The maximum atomic E-state index is 12.1. The number of nitrogens with zero attached hydrogens (tertiary/aromatic N) is 1. The van der Waals surface area contributed by atoms with E-state index in [1.165, 1.54) is 0 Å². The van der Waals surface area contributed by atoms with E-state index in [9.17, 15) is 9.59 Å². The largest absolute Gasteiger partial charge is 0.472 e. The number of hydrogen-bond donors (Lipinski definition) is 0. The molecule has 4 rings (SSSR count). The molecule has 0 N–H and O–H groups in total. The summed E-state index contributed by atoms with van der Waals surface area (Å²) in [4.78, 5) is 26.1. The van der Waals surface area contributed by atoms with Gasteiger partial charge in [-0.15, -0.1) is 0 Å². The van der Waals surface area contributed by atoms with Crippen molar-refractivity contribution in [2.75, 3.05) is 18.2 Å². The first-order chi connectivity index (χ1) is 15.0. The lowest BCUT2D eigenvalue weighted by Crippen LogP contribution is -2.32. The van der Waals surface area contributed by atoms with Gasteiger partial charge in [0.1, 0.15) is 11.3 Å². The Labute approximate surface area is 181 Å². The SMILES string of the molecule is CCCCOC(=O)c1ccc(N2COc3c(cc4c(CC)cc(=O)oc4c3C)C2)cc1. The highest BCUT2D eigenvalue weighted by atomic mass is 16.5. The highest BCUT2D eigenvalue weighted by molar-refractivity contribution is 5.90. The van der Waals surface area contributed by atoms with Gasteiger partial charge in [-0.1, -0.05) is 20.3 Å². The molecule has 1 aliphatic heterocycles. The van der Waals surface area contributed by atoms with Crippen LogP contribution in [0.4, 0.5) is 5.69 Å². The highest BCUT2D eigenvalue weighted by Crippen LogP contribution is 2.37. The van der Waals surface area contributed by atoms with Crippen LogP contribution in [0.2, 0.25) is 0 Å². The third kappa shape index (κ3) is 4.15. The molecule has 0 fully saturated rings. The topological polar surface area (TPSA) is 69.0 Å². The van der Waals surface area contributed by atoms with E-state index in [0.717, 1.165) is 52.8 Å². The number of ether oxygens (including phenoxy) is 2. The normalized spacial score (nSPS) is 13.1. The van der Waals surface area contributed by atoms with Crippen LogP contribution in [0, 0.1) is 6.92 Å². The third-order valence-electron chi connectivity index (χ3n) is 5.68. The summed E-state index contributed by atoms with van der Waals surface area (Å²) < 4.78 is 16.8. The number of anilines is 1. The van der Waals surface area contributed by atoms with Crippen molar-refractivity contribution >= 4 is 22.6 Å². The molecule has 6 nitrogen and oxygen atoms in total. The van der Waals surface area contributed by atoms with E-state index >= 15 is 0 Å². The maximum Gasteiger partial charge on any atom is 0.338 e. The Morgan fingerprint density at radius 1 is 1.16 bits per heavy atom. The molecule has 0 bridgehead atoms. The fourth-order valence-electron chi connectivity index (χ4n) is 3.94. The minimum absolute atomic E-state index is 0.295. The predicted molar refractivity (Wildman–Crippen MR) is 120 cm³/mol. The molecule has 2 heterocycles. The van der Waals surface area contributed by atoms with Gasteiger partial charge in [-0.3, -0.25) is 0 Å². The lowest BCUT2D eigenvalue weighted by molar-refractivity contribution is 0.0500. The van der Waals surface area contributed by atoms with Gasteiger partial charge in [0.2, 0.25) is 0 Å². The number of unbranched alkanes of at least 4 members (excludes halogenated alkanes) is 1. The molecule has 2 aromatic carbocycles. The summed E-state index contributed by atoms with van der Waals surface area (Å²) in [6.07, 6.45) is 2.61. The molecule has 3 aromatic rings. The first-order valence-electron chi connectivity index (χ1n) is 10.8.